The topological polar surface area (TPSA) is 70.5 Å². The monoisotopic (exact) mass is 1770 g/mol. The number of benzene rings is 19. The van der Waals surface area contributed by atoms with Crippen LogP contribution in [0.25, 0.3) is 130 Å². The zero-order valence-corrected chi connectivity index (χ0v) is 76.0. The lowest BCUT2D eigenvalue weighted by molar-refractivity contribution is 0.659. The third-order valence-electron chi connectivity index (χ3n) is 27.6. The van der Waals surface area contributed by atoms with E-state index in [4.69, 9.17) is 6.57 Å². The summed E-state index contributed by atoms with van der Waals surface area (Å²) in [6.07, 6.45) is 5.33. The first kappa shape index (κ1) is 80.3. The number of halogens is 2. The van der Waals surface area contributed by atoms with Crippen LogP contribution < -0.4 is 20.3 Å². The SMILES string of the molecule is BrC1=c2ccc3ccc(Br)c4ccc(c2c34)[C+]=C1.Cc1ccc(-c2ccccc2)cc1Nc1cc2c(cc1C)C(C)(C)c1cccc(C#N)c1-2.[C-]#[N+]c1cccc2c1-c1cc(N(c3cc(-c4ccccc4)ccc3C)c3ccc4ccc5c(N(c6ccc7c(c6)-c6c(C#N)cccc6C7(C)C)c6cc(-c7ccccc7)ccc6C)ccc6ccc3c4c65)ccc1C2(C)C. The van der Waals surface area contributed by atoms with Gasteiger partial charge in [-0.2, -0.15) is 10.5 Å². The minimum absolute atomic E-state index is 0.121. The fraction of sp³-hybridized carbons (Fsp3) is 0.108. The second kappa shape index (κ2) is 31.1. The number of rotatable bonds is 11. The van der Waals surface area contributed by atoms with Gasteiger partial charge in [-0.05, 0) is 257 Å². The van der Waals surface area contributed by atoms with Gasteiger partial charge < -0.3 is 15.1 Å². The number of allylic oxidation sites excluding steroid dienone is 1. The van der Waals surface area contributed by atoms with E-state index >= 15 is 0 Å². The largest absolute Gasteiger partial charge is 0.355 e. The van der Waals surface area contributed by atoms with Crippen LogP contribution in [0.2, 0.25) is 0 Å². The molecule has 19 aromatic rings. The highest BCUT2D eigenvalue weighted by molar-refractivity contribution is 9.15. The summed E-state index contributed by atoms with van der Waals surface area (Å²) in [5.74, 6) is 0. The number of nitrogens with one attached hydrogen (secondary N) is 1. The van der Waals surface area contributed by atoms with Crippen molar-refractivity contribution in [3.63, 3.8) is 0 Å². The predicted molar refractivity (Wildman–Crippen MR) is 543 cm³/mol. The van der Waals surface area contributed by atoms with Crippen LogP contribution in [0.4, 0.5) is 51.2 Å². The third kappa shape index (κ3) is 13.0. The molecular formula is C120H87Br2N6+. The number of nitrogens with zero attached hydrogens (tertiary/aromatic N) is 5. The lowest BCUT2D eigenvalue weighted by atomic mass is 9.81. The standard InChI is InChI=1S/C74H54N4.C30H26N2.C16H7Br2/c1-45-24-26-51(47-16-10-8-11-17-47)40-67(45)77(54-32-36-60-58(42-54)69-53(44-75)20-14-21-62(69)73(60,3)4)65-38-30-49-29-35-57-66(39-31-50-28-34-56(65)70(49)71(50)57)78(68-41-52(27-25-46(68)2)48-18-12-9-13-19-48)55-33-37-61-59(43-55)72-63(74(61,5)6)22-15-23-64(72)76-7;1-19-13-14-22(21-9-6-5-7-10-21)16-27(19)32-28-17-24-26(15-20(28)2)30(3,4)25-12-8-11-23(18-31)29(24)25;17-13-8-4-10-2-6-12-14(18)7-3-9-1-5-11(13)16(10)15(9)12/h8-43H,1-6H3;5-17,32H,1-4H3;1-3,5-8H/q;;+1. The summed E-state index contributed by atoms with van der Waals surface area (Å²) < 4.78 is 2.24. The Morgan fingerprint density at radius 3 is 1.29 bits per heavy atom. The molecule has 0 aliphatic heterocycles. The van der Waals surface area contributed by atoms with Crippen molar-refractivity contribution in [1.82, 2.24) is 0 Å². The van der Waals surface area contributed by atoms with E-state index in [1.807, 2.05) is 48.5 Å². The Balaban J connectivity index is 0.000000161. The second-order valence-electron chi connectivity index (χ2n) is 36.0. The maximum absolute atomic E-state index is 10.6. The molecule has 4 aliphatic rings. The van der Waals surface area contributed by atoms with Crippen molar-refractivity contribution in [1.29, 1.82) is 10.5 Å². The van der Waals surface area contributed by atoms with Crippen molar-refractivity contribution in [2.45, 2.75) is 85.5 Å². The molecule has 0 bridgehead atoms. The van der Waals surface area contributed by atoms with E-state index in [1.165, 1.54) is 110 Å². The van der Waals surface area contributed by atoms with E-state index in [2.05, 4.69) is 430 Å². The summed E-state index contributed by atoms with van der Waals surface area (Å²) in [4.78, 5) is 9.01. The van der Waals surface area contributed by atoms with Crippen molar-refractivity contribution >= 4 is 141 Å². The van der Waals surface area contributed by atoms with Crippen molar-refractivity contribution in [3.05, 3.63) is 439 Å². The molecule has 0 spiro atoms. The van der Waals surface area contributed by atoms with Crippen molar-refractivity contribution < 1.29 is 0 Å². The van der Waals surface area contributed by atoms with Crippen LogP contribution in [0.15, 0.2) is 344 Å². The molecule has 0 heterocycles. The quantitative estimate of drug-likeness (QED) is 0.103. The van der Waals surface area contributed by atoms with Gasteiger partial charge >= 0.3 is 0 Å². The third-order valence-corrected chi connectivity index (χ3v) is 28.9. The molecule has 23 rings (SSSR count). The number of aryl methyl sites for hydroxylation is 4. The lowest BCUT2D eigenvalue weighted by Gasteiger charge is -2.31. The van der Waals surface area contributed by atoms with Gasteiger partial charge in [0.25, 0.3) is 0 Å². The van der Waals surface area contributed by atoms with E-state index < -0.39 is 0 Å². The molecule has 0 aromatic heterocycles. The molecule has 0 fully saturated rings. The first-order valence-corrected chi connectivity index (χ1v) is 45.2. The summed E-state index contributed by atoms with van der Waals surface area (Å²) in [7, 11) is 0. The first-order chi connectivity index (χ1) is 62.1. The van der Waals surface area contributed by atoms with Gasteiger partial charge in [0.1, 0.15) is 4.48 Å². The Kier molecular flexibility index (Phi) is 19.5. The van der Waals surface area contributed by atoms with Gasteiger partial charge in [0.05, 0.1) is 57.9 Å². The van der Waals surface area contributed by atoms with Gasteiger partial charge in [-0.1, -0.05) is 294 Å². The van der Waals surface area contributed by atoms with Gasteiger partial charge in [0, 0.05) is 116 Å². The molecule has 4 aliphatic carbocycles. The molecule has 19 aromatic carbocycles. The van der Waals surface area contributed by atoms with E-state index in [0.29, 0.717) is 11.3 Å². The molecule has 0 radical (unpaired) electrons. The van der Waals surface area contributed by atoms with Crippen molar-refractivity contribution in [2.75, 3.05) is 15.1 Å². The zero-order chi connectivity index (χ0) is 87.9. The van der Waals surface area contributed by atoms with E-state index in [9.17, 15) is 10.5 Å². The molecule has 128 heavy (non-hydrogen) atoms. The van der Waals surface area contributed by atoms with E-state index in [-0.39, 0.29) is 16.2 Å². The fourth-order valence-corrected chi connectivity index (χ4v) is 21.8. The van der Waals surface area contributed by atoms with E-state index in [0.717, 1.165) is 138 Å². The highest BCUT2D eigenvalue weighted by atomic mass is 79.9. The van der Waals surface area contributed by atoms with Gasteiger partial charge in [-0.3, -0.25) is 0 Å². The zero-order valence-electron chi connectivity index (χ0n) is 72.8. The van der Waals surface area contributed by atoms with Gasteiger partial charge in [-0.15, -0.1) is 0 Å². The molecule has 0 unspecified atom stereocenters. The minimum atomic E-state index is -0.272. The Labute approximate surface area is 764 Å². The molecule has 0 atom stereocenters. The number of hydrogen-bond acceptors (Lipinski definition) is 5. The highest BCUT2D eigenvalue weighted by Gasteiger charge is 2.41. The van der Waals surface area contributed by atoms with Crippen LogP contribution in [0.1, 0.15) is 114 Å². The second-order valence-corrected chi connectivity index (χ2v) is 37.7. The van der Waals surface area contributed by atoms with Crippen LogP contribution in [0.3, 0.4) is 0 Å². The van der Waals surface area contributed by atoms with Gasteiger partial charge in [-0.25, -0.2) is 4.85 Å². The molecule has 6 nitrogen and oxygen atoms in total. The number of nitriles is 2. The normalized spacial score (nSPS) is 13.4. The molecule has 0 saturated carbocycles. The van der Waals surface area contributed by atoms with Gasteiger partial charge in [0.15, 0.2) is 11.3 Å². The highest BCUT2D eigenvalue weighted by Crippen LogP contribution is 2.58. The molecule has 0 amide bonds. The average Bonchev–Trinajstić information content (AvgIpc) is 1.57. The molecule has 0 saturated heterocycles. The van der Waals surface area contributed by atoms with Crippen LogP contribution in [0, 0.1) is 63.0 Å². The summed E-state index contributed by atoms with van der Waals surface area (Å²) in [5.41, 5.74) is 36.7. The fourth-order valence-electron chi connectivity index (χ4n) is 20.9. The summed E-state index contributed by atoms with van der Waals surface area (Å²) in [6.45, 7) is 30.6. The van der Waals surface area contributed by atoms with Crippen LogP contribution in [-0.4, -0.2) is 0 Å². The van der Waals surface area contributed by atoms with Crippen molar-refractivity contribution in [2.24, 2.45) is 0 Å². The Morgan fingerprint density at radius 2 is 0.773 bits per heavy atom. The maximum atomic E-state index is 10.6. The maximum Gasteiger partial charge on any atom is 0.195 e. The number of hydrogen-bond donors (Lipinski definition) is 1. The van der Waals surface area contributed by atoms with Crippen LogP contribution in [0.5, 0.6) is 0 Å². The Morgan fingerprint density at radius 1 is 0.344 bits per heavy atom. The van der Waals surface area contributed by atoms with Crippen molar-refractivity contribution in [3.8, 4) is 78.9 Å². The summed E-state index contributed by atoms with van der Waals surface area (Å²) >= 11 is 7.25. The smallest absolute Gasteiger partial charge is 0.195 e. The van der Waals surface area contributed by atoms with Crippen LogP contribution in [-0.2, 0) is 16.2 Å². The van der Waals surface area contributed by atoms with Crippen LogP contribution >= 0.6 is 31.9 Å². The molecule has 1 N–H and O–H groups in total. The lowest BCUT2D eigenvalue weighted by Crippen LogP contribution is -2.16. The molecule has 610 valence electrons. The molecule has 8 heteroatoms. The van der Waals surface area contributed by atoms with E-state index in [1.54, 1.807) is 0 Å². The summed E-state index contributed by atoms with van der Waals surface area (Å²) in [6, 6.07) is 125. The first-order valence-electron chi connectivity index (χ1n) is 43.6. The number of anilines is 8. The average molecular weight is 1770 g/mol. The van der Waals surface area contributed by atoms with Gasteiger partial charge in [0.2, 0.25) is 0 Å². The Hall–Kier alpha value is -14.8. The Bertz CT molecular complexity index is 7820. The minimum Gasteiger partial charge on any atom is -0.355 e. The predicted octanol–water partition coefficient (Wildman–Crippen LogP) is 33.1. The number of fused-ring (bicyclic) bond motifs is 9. The summed E-state index contributed by atoms with van der Waals surface area (Å²) in [5, 5.41) is 37.4. The molecular weight excluding hydrogens is 1690 g/mol.